The summed E-state index contributed by atoms with van der Waals surface area (Å²) in [5, 5.41) is 2.48. The number of hydrogen-bond acceptors (Lipinski definition) is 0. The van der Waals surface area contributed by atoms with Crippen molar-refractivity contribution < 1.29 is 0 Å². The van der Waals surface area contributed by atoms with Crippen LogP contribution >= 0.6 is 0 Å². The van der Waals surface area contributed by atoms with E-state index in [0.29, 0.717) is 0 Å². The standard InChI is InChI=1S/C27H20BN/c1-27(2)22-10-6-7-11-25(22)29-24-13-12-19(28)16-20(24)21-14-18(15-23(27)26(21)29)17-8-4-3-5-9-17/h3-16H,1-2H3. The van der Waals surface area contributed by atoms with Crippen LogP contribution in [-0.2, 0) is 5.41 Å². The van der Waals surface area contributed by atoms with E-state index in [1.165, 1.54) is 49.7 Å². The first-order chi connectivity index (χ1) is 14.1. The third kappa shape index (κ3) is 2.17. The molecule has 0 unspecified atom stereocenters. The SMILES string of the molecule is [B]c1ccc2c(c1)c1cc(-c3ccccc3)cc3c1n2-c1ccccc1C3(C)C. The van der Waals surface area contributed by atoms with Gasteiger partial charge in [0.1, 0.15) is 7.85 Å². The van der Waals surface area contributed by atoms with Crippen LogP contribution in [0.4, 0.5) is 0 Å². The van der Waals surface area contributed by atoms with Crippen LogP contribution in [0.2, 0.25) is 0 Å². The van der Waals surface area contributed by atoms with Crippen LogP contribution in [-0.4, -0.2) is 12.4 Å². The summed E-state index contributed by atoms with van der Waals surface area (Å²) in [5.41, 5.74) is 9.70. The molecule has 1 nitrogen and oxygen atoms in total. The lowest BCUT2D eigenvalue weighted by Crippen LogP contribution is -2.26. The third-order valence-electron chi connectivity index (χ3n) is 6.48. The summed E-state index contributed by atoms with van der Waals surface area (Å²) in [7, 11) is 6.21. The zero-order chi connectivity index (χ0) is 19.8. The smallest absolute Gasteiger partial charge is 0.113 e. The summed E-state index contributed by atoms with van der Waals surface area (Å²) in [6, 6.07) is 30.4. The molecule has 5 aromatic rings. The highest BCUT2D eigenvalue weighted by Crippen LogP contribution is 2.48. The Labute approximate surface area is 172 Å². The van der Waals surface area contributed by atoms with Gasteiger partial charge in [-0.1, -0.05) is 80.0 Å². The molecule has 0 N–H and O–H groups in total. The molecule has 0 saturated carbocycles. The van der Waals surface area contributed by atoms with Gasteiger partial charge in [-0.2, -0.15) is 0 Å². The Bertz CT molecular complexity index is 1420. The van der Waals surface area contributed by atoms with Gasteiger partial charge >= 0.3 is 0 Å². The predicted molar refractivity (Wildman–Crippen MR) is 124 cm³/mol. The predicted octanol–water partition coefficient (Wildman–Crippen LogP) is 5.88. The maximum atomic E-state index is 6.21. The van der Waals surface area contributed by atoms with E-state index in [2.05, 4.69) is 97.3 Å². The highest BCUT2D eigenvalue weighted by Gasteiger charge is 2.35. The zero-order valence-corrected chi connectivity index (χ0v) is 16.6. The Morgan fingerprint density at radius 1 is 0.690 bits per heavy atom. The van der Waals surface area contributed by atoms with E-state index in [0.717, 1.165) is 5.46 Å². The summed E-state index contributed by atoms with van der Waals surface area (Å²) in [4.78, 5) is 0. The molecule has 0 spiro atoms. The van der Waals surface area contributed by atoms with Crippen LogP contribution in [0.5, 0.6) is 0 Å². The van der Waals surface area contributed by atoms with E-state index in [9.17, 15) is 0 Å². The minimum Gasteiger partial charge on any atom is -0.309 e. The number of para-hydroxylation sites is 1. The van der Waals surface area contributed by atoms with Crippen LogP contribution in [0, 0.1) is 0 Å². The largest absolute Gasteiger partial charge is 0.309 e. The van der Waals surface area contributed by atoms with Crippen molar-refractivity contribution in [2.45, 2.75) is 19.3 Å². The van der Waals surface area contributed by atoms with Crippen LogP contribution in [0.1, 0.15) is 25.0 Å². The Morgan fingerprint density at radius 2 is 1.45 bits per heavy atom. The van der Waals surface area contributed by atoms with Crippen molar-refractivity contribution in [1.29, 1.82) is 0 Å². The lowest BCUT2D eigenvalue weighted by molar-refractivity contribution is 0.630. The molecule has 1 aromatic heterocycles. The molecule has 1 aliphatic heterocycles. The summed E-state index contributed by atoms with van der Waals surface area (Å²) >= 11 is 0. The second kappa shape index (κ2) is 5.64. The second-order valence-corrected chi connectivity index (χ2v) is 8.54. The molecule has 0 saturated heterocycles. The van der Waals surface area contributed by atoms with E-state index in [4.69, 9.17) is 7.85 Å². The van der Waals surface area contributed by atoms with Crippen LogP contribution < -0.4 is 5.46 Å². The summed E-state index contributed by atoms with van der Waals surface area (Å²) < 4.78 is 2.43. The van der Waals surface area contributed by atoms with Gasteiger partial charge in [0.25, 0.3) is 0 Å². The maximum Gasteiger partial charge on any atom is 0.113 e. The summed E-state index contributed by atoms with van der Waals surface area (Å²) in [6.07, 6.45) is 0. The Balaban J connectivity index is 1.86. The van der Waals surface area contributed by atoms with Crippen molar-refractivity contribution in [3.8, 4) is 16.8 Å². The van der Waals surface area contributed by atoms with Crippen molar-refractivity contribution in [2.24, 2.45) is 0 Å². The van der Waals surface area contributed by atoms with E-state index in [1.807, 2.05) is 6.07 Å². The Hall–Kier alpha value is -3.26. The molecular weight excluding hydrogens is 349 g/mol. The molecule has 29 heavy (non-hydrogen) atoms. The minimum atomic E-state index is -0.0877. The number of aromatic nitrogens is 1. The van der Waals surface area contributed by atoms with Gasteiger partial charge in [-0.05, 0) is 46.5 Å². The first-order valence-corrected chi connectivity index (χ1v) is 10.1. The first kappa shape index (κ1) is 16.7. The molecule has 136 valence electrons. The van der Waals surface area contributed by atoms with E-state index in [-0.39, 0.29) is 5.41 Å². The topological polar surface area (TPSA) is 4.93 Å². The van der Waals surface area contributed by atoms with Gasteiger partial charge < -0.3 is 4.57 Å². The second-order valence-electron chi connectivity index (χ2n) is 8.54. The number of nitrogens with zero attached hydrogens (tertiary/aromatic N) is 1. The van der Waals surface area contributed by atoms with Crippen molar-refractivity contribution in [1.82, 2.24) is 4.57 Å². The van der Waals surface area contributed by atoms with Crippen LogP contribution in [0.3, 0.4) is 0 Å². The van der Waals surface area contributed by atoms with E-state index in [1.54, 1.807) is 0 Å². The molecule has 2 heteroatoms. The van der Waals surface area contributed by atoms with Gasteiger partial charge in [-0.15, -0.1) is 0 Å². The average molecular weight is 369 g/mol. The molecule has 4 aromatic carbocycles. The maximum absolute atomic E-state index is 6.21. The molecule has 0 fully saturated rings. The molecule has 1 aliphatic rings. The summed E-state index contributed by atoms with van der Waals surface area (Å²) in [6.45, 7) is 4.68. The fraction of sp³-hybridized carbons (Fsp3) is 0.111. The molecule has 0 amide bonds. The average Bonchev–Trinajstić information content (AvgIpc) is 3.06. The monoisotopic (exact) mass is 369 g/mol. The lowest BCUT2D eigenvalue weighted by atomic mass is 9.74. The third-order valence-corrected chi connectivity index (χ3v) is 6.48. The molecule has 2 radical (unpaired) electrons. The molecule has 6 rings (SSSR count). The molecule has 0 atom stereocenters. The van der Waals surface area contributed by atoms with Crippen molar-refractivity contribution >= 4 is 35.1 Å². The van der Waals surface area contributed by atoms with Gasteiger partial charge in [0.15, 0.2) is 0 Å². The fourth-order valence-corrected chi connectivity index (χ4v) is 5.03. The Kier molecular flexibility index (Phi) is 3.24. The fourth-order valence-electron chi connectivity index (χ4n) is 5.03. The Morgan fingerprint density at radius 3 is 2.28 bits per heavy atom. The van der Waals surface area contributed by atoms with Gasteiger partial charge in [0.2, 0.25) is 0 Å². The molecule has 2 heterocycles. The number of rotatable bonds is 1. The van der Waals surface area contributed by atoms with Crippen molar-refractivity contribution in [3.63, 3.8) is 0 Å². The quantitative estimate of drug-likeness (QED) is 0.325. The van der Waals surface area contributed by atoms with E-state index < -0.39 is 0 Å². The lowest BCUT2D eigenvalue weighted by Gasteiger charge is -2.35. The summed E-state index contributed by atoms with van der Waals surface area (Å²) in [5.74, 6) is 0. The van der Waals surface area contributed by atoms with E-state index >= 15 is 0 Å². The van der Waals surface area contributed by atoms with Gasteiger partial charge in [0.05, 0.1) is 16.7 Å². The highest BCUT2D eigenvalue weighted by molar-refractivity contribution is 6.34. The van der Waals surface area contributed by atoms with Crippen molar-refractivity contribution in [3.05, 3.63) is 96.1 Å². The zero-order valence-electron chi connectivity index (χ0n) is 16.6. The van der Waals surface area contributed by atoms with Gasteiger partial charge in [-0.3, -0.25) is 0 Å². The first-order valence-electron chi connectivity index (χ1n) is 10.1. The number of fused-ring (bicyclic) bond motifs is 5. The van der Waals surface area contributed by atoms with Crippen LogP contribution in [0.15, 0.2) is 84.9 Å². The number of benzene rings is 4. The van der Waals surface area contributed by atoms with Crippen LogP contribution in [0.25, 0.3) is 38.6 Å². The molecule has 0 bridgehead atoms. The molecular formula is C27H20BN. The van der Waals surface area contributed by atoms with Crippen molar-refractivity contribution in [2.75, 3.05) is 0 Å². The van der Waals surface area contributed by atoms with Gasteiger partial charge in [-0.25, -0.2) is 0 Å². The highest BCUT2D eigenvalue weighted by atomic mass is 15.0. The number of hydrogen-bond donors (Lipinski definition) is 0. The normalized spacial score (nSPS) is 14.3. The molecule has 0 aliphatic carbocycles. The van der Waals surface area contributed by atoms with Gasteiger partial charge in [0, 0.05) is 16.2 Å². The minimum absolute atomic E-state index is 0.0877.